The Kier molecular flexibility index (Phi) is 5.21. The lowest BCUT2D eigenvalue weighted by Gasteiger charge is -2.07. The van der Waals surface area contributed by atoms with E-state index >= 15 is 0 Å². The first kappa shape index (κ1) is 19.8. The maximum atomic E-state index is 13.8. The van der Waals surface area contributed by atoms with Crippen LogP contribution in [0.1, 0.15) is 0 Å². The van der Waals surface area contributed by atoms with Gasteiger partial charge in [-0.2, -0.15) is 0 Å². The van der Waals surface area contributed by atoms with Crippen LogP contribution in [0.3, 0.4) is 0 Å². The molecule has 0 aliphatic heterocycles. The molecule has 31 heavy (non-hydrogen) atoms. The Bertz CT molecular complexity index is 1390. The van der Waals surface area contributed by atoms with E-state index in [1.54, 1.807) is 17.5 Å². The maximum absolute atomic E-state index is 13.8. The van der Waals surface area contributed by atoms with Gasteiger partial charge in [0.25, 0.3) is 0 Å². The van der Waals surface area contributed by atoms with Gasteiger partial charge < -0.3 is 9.29 Å². The number of pyridine rings is 1. The lowest BCUT2D eigenvalue weighted by atomic mass is 10.1. The minimum Gasteiger partial charge on any atom is -0.351 e. The second-order valence-corrected chi connectivity index (χ2v) is 9.04. The molecule has 0 fully saturated rings. The standard InChI is InChI=1S/C24H17F2N3S2/c1-29-9-8-15-10-16(2-4-21(15)29)22-6-7-23(30-22)17-11-19(14-27-13-17)28-31-24-5-3-18(25)12-20(24)26/h2-14,28H,1H3. The highest BCUT2D eigenvalue weighted by atomic mass is 32.2. The fraction of sp³-hybridized carbons (Fsp3) is 0.0417. The van der Waals surface area contributed by atoms with Gasteiger partial charge in [-0.1, -0.05) is 6.07 Å². The number of hydrogen-bond acceptors (Lipinski definition) is 4. The first-order valence-electron chi connectivity index (χ1n) is 9.55. The Hall–Kier alpha value is -3.16. The van der Waals surface area contributed by atoms with Gasteiger partial charge in [-0.25, -0.2) is 8.78 Å². The summed E-state index contributed by atoms with van der Waals surface area (Å²) in [4.78, 5) is 6.91. The first-order valence-corrected chi connectivity index (χ1v) is 11.2. The van der Waals surface area contributed by atoms with Gasteiger partial charge in [0.2, 0.25) is 0 Å². The number of fused-ring (bicyclic) bond motifs is 1. The van der Waals surface area contributed by atoms with E-state index in [1.807, 2.05) is 19.3 Å². The van der Waals surface area contributed by atoms with Crippen LogP contribution >= 0.6 is 23.3 Å². The lowest BCUT2D eigenvalue weighted by molar-refractivity contribution is 0.566. The van der Waals surface area contributed by atoms with Crippen molar-refractivity contribution >= 4 is 39.9 Å². The summed E-state index contributed by atoms with van der Waals surface area (Å²) in [6, 6.07) is 18.3. The number of nitrogens with one attached hydrogen (secondary N) is 1. The Balaban J connectivity index is 1.36. The van der Waals surface area contributed by atoms with Gasteiger partial charge in [0.05, 0.1) is 16.8 Å². The van der Waals surface area contributed by atoms with Crippen molar-refractivity contribution in [2.45, 2.75) is 4.90 Å². The monoisotopic (exact) mass is 449 g/mol. The van der Waals surface area contributed by atoms with Crippen molar-refractivity contribution in [3.8, 4) is 20.9 Å². The van der Waals surface area contributed by atoms with Crippen LogP contribution in [0.15, 0.2) is 84.1 Å². The Labute approximate surface area is 186 Å². The molecule has 0 aliphatic rings. The zero-order valence-electron chi connectivity index (χ0n) is 16.5. The van der Waals surface area contributed by atoms with Crippen LogP contribution in [0, 0.1) is 11.6 Å². The molecule has 1 N–H and O–H groups in total. The quantitative estimate of drug-likeness (QED) is 0.284. The number of thiophene rings is 1. The van der Waals surface area contributed by atoms with Crippen molar-refractivity contribution in [2.75, 3.05) is 4.72 Å². The van der Waals surface area contributed by atoms with Gasteiger partial charge >= 0.3 is 0 Å². The second-order valence-electron chi connectivity index (χ2n) is 7.11. The third-order valence-electron chi connectivity index (χ3n) is 4.97. The van der Waals surface area contributed by atoms with E-state index in [-0.39, 0.29) is 0 Å². The summed E-state index contributed by atoms with van der Waals surface area (Å²) in [6.45, 7) is 0. The number of hydrogen-bond donors (Lipinski definition) is 1. The van der Waals surface area contributed by atoms with Gasteiger partial charge in [-0.05, 0) is 66.0 Å². The van der Waals surface area contributed by atoms with E-state index in [9.17, 15) is 8.78 Å². The summed E-state index contributed by atoms with van der Waals surface area (Å²) < 4.78 is 32.1. The van der Waals surface area contributed by atoms with Crippen LogP contribution in [0.25, 0.3) is 31.8 Å². The van der Waals surface area contributed by atoms with E-state index in [0.717, 1.165) is 34.1 Å². The fourth-order valence-electron chi connectivity index (χ4n) is 3.39. The van der Waals surface area contributed by atoms with E-state index in [2.05, 4.69) is 56.9 Å². The molecule has 3 heterocycles. The van der Waals surface area contributed by atoms with Crippen molar-refractivity contribution in [3.05, 3.63) is 90.9 Å². The average Bonchev–Trinajstić information content (AvgIpc) is 3.41. The summed E-state index contributed by atoms with van der Waals surface area (Å²) >= 11 is 2.79. The number of nitrogens with zero attached hydrogens (tertiary/aromatic N) is 2. The average molecular weight is 450 g/mol. The lowest BCUT2D eigenvalue weighted by Crippen LogP contribution is -1.91. The van der Waals surface area contributed by atoms with Crippen LogP contribution in [-0.2, 0) is 7.05 Å². The predicted molar refractivity (Wildman–Crippen MR) is 125 cm³/mol. The number of rotatable bonds is 5. The van der Waals surface area contributed by atoms with E-state index < -0.39 is 11.6 Å². The van der Waals surface area contributed by atoms with Crippen molar-refractivity contribution < 1.29 is 8.78 Å². The molecule has 3 aromatic heterocycles. The number of aryl methyl sites for hydroxylation is 1. The van der Waals surface area contributed by atoms with Gasteiger partial charge in [0, 0.05) is 51.7 Å². The Morgan fingerprint density at radius 1 is 0.903 bits per heavy atom. The number of halogens is 2. The molecule has 0 saturated carbocycles. The number of aromatic nitrogens is 2. The Morgan fingerprint density at radius 3 is 2.58 bits per heavy atom. The molecule has 3 nitrogen and oxygen atoms in total. The molecule has 0 saturated heterocycles. The molecule has 0 radical (unpaired) electrons. The normalized spacial score (nSPS) is 11.2. The Morgan fingerprint density at radius 2 is 1.74 bits per heavy atom. The summed E-state index contributed by atoms with van der Waals surface area (Å²) in [5.74, 6) is -1.19. The predicted octanol–water partition coefficient (Wildman–Crippen LogP) is 7.37. The van der Waals surface area contributed by atoms with Gasteiger partial charge in [-0.15, -0.1) is 11.3 Å². The summed E-state index contributed by atoms with van der Waals surface area (Å²) in [5, 5.41) is 1.22. The second kappa shape index (κ2) is 8.17. The number of anilines is 1. The minimum atomic E-state index is -0.597. The highest BCUT2D eigenvalue weighted by Crippen LogP contribution is 2.36. The molecule has 7 heteroatoms. The fourth-order valence-corrected chi connectivity index (χ4v) is 5.00. The third kappa shape index (κ3) is 4.06. The highest BCUT2D eigenvalue weighted by molar-refractivity contribution is 8.00. The maximum Gasteiger partial charge on any atom is 0.141 e. The molecule has 5 rings (SSSR count). The van der Waals surface area contributed by atoms with Gasteiger partial charge in [0.1, 0.15) is 11.6 Å². The SMILES string of the molecule is Cn1ccc2cc(-c3ccc(-c4cncc(NSc5ccc(F)cc5F)c4)s3)ccc21. The summed E-state index contributed by atoms with van der Waals surface area (Å²) in [7, 11) is 2.04. The largest absolute Gasteiger partial charge is 0.351 e. The molecule has 2 aromatic carbocycles. The van der Waals surface area contributed by atoms with Crippen molar-refractivity contribution in [3.63, 3.8) is 0 Å². The molecular formula is C24H17F2N3S2. The van der Waals surface area contributed by atoms with Crippen LogP contribution in [-0.4, -0.2) is 9.55 Å². The zero-order chi connectivity index (χ0) is 21.4. The third-order valence-corrected chi connectivity index (χ3v) is 7.04. The summed E-state index contributed by atoms with van der Waals surface area (Å²) in [6.07, 6.45) is 5.55. The van der Waals surface area contributed by atoms with Crippen LogP contribution in [0.4, 0.5) is 14.5 Å². The smallest absolute Gasteiger partial charge is 0.141 e. The van der Waals surface area contributed by atoms with Crippen LogP contribution < -0.4 is 4.72 Å². The molecule has 154 valence electrons. The first-order chi connectivity index (χ1) is 15.1. The van der Waals surface area contributed by atoms with Crippen molar-refractivity contribution in [1.29, 1.82) is 0 Å². The summed E-state index contributed by atoms with van der Waals surface area (Å²) in [5.41, 5.74) is 4.10. The van der Waals surface area contributed by atoms with Gasteiger partial charge in [-0.3, -0.25) is 4.98 Å². The minimum absolute atomic E-state index is 0.321. The molecule has 5 aromatic rings. The molecular weight excluding hydrogens is 432 g/mol. The molecule has 0 atom stereocenters. The number of benzene rings is 2. The molecule has 0 spiro atoms. The zero-order valence-corrected chi connectivity index (χ0v) is 18.1. The van der Waals surface area contributed by atoms with E-state index in [0.29, 0.717) is 4.90 Å². The van der Waals surface area contributed by atoms with E-state index in [4.69, 9.17) is 0 Å². The molecule has 0 bridgehead atoms. The highest BCUT2D eigenvalue weighted by Gasteiger charge is 2.09. The van der Waals surface area contributed by atoms with Crippen LogP contribution in [0.2, 0.25) is 0 Å². The van der Waals surface area contributed by atoms with Crippen molar-refractivity contribution in [2.24, 2.45) is 7.05 Å². The molecule has 0 aliphatic carbocycles. The van der Waals surface area contributed by atoms with Crippen molar-refractivity contribution in [1.82, 2.24) is 9.55 Å². The van der Waals surface area contributed by atoms with Gasteiger partial charge in [0.15, 0.2) is 0 Å². The van der Waals surface area contributed by atoms with E-state index in [1.165, 1.54) is 33.5 Å². The topological polar surface area (TPSA) is 29.9 Å². The van der Waals surface area contributed by atoms with Crippen LogP contribution in [0.5, 0.6) is 0 Å². The molecule has 0 amide bonds. The molecule has 0 unspecified atom stereocenters.